The Labute approximate surface area is 138 Å². The monoisotopic (exact) mass is 328 g/mol. The number of ether oxygens (including phenoxy) is 1. The number of hydrogen-bond acceptors (Lipinski definition) is 4. The van der Waals surface area contributed by atoms with Crippen LogP contribution in [0, 0.1) is 5.82 Å². The number of furan rings is 1. The van der Waals surface area contributed by atoms with Crippen LogP contribution >= 0.6 is 0 Å². The second-order valence-electron chi connectivity index (χ2n) is 5.59. The van der Waals surface area contributed by atoms with Crippen molar-refractivity contribution in [3.05, 3.63) is 71.2 Å². The molecule has 4 nitrogen and oxygen atoms in total. The van der Waals surface area contributed by atoms with Gasteiger partial charge in [-0.05, 0) is 30.3 Å². The number of fused-ring (bicyclic) bond motifs is 1. The molecule has 0 bridgehead atoms. The molecule has 0 fully saturated rings. The van der Waals surface area contributed by atoms with Gasteiger partial charge in [-0.15, -0.1) is 0 Å². The van der Waals surface area contributed by atoms with Crippen LogP contribution in [0.5, 0.6) is 0 Å². The van der Waals surface area contributed by atoms with Gasteiger partial charge >= 0.3 is 0 Å². The summed E-state index contributed by atoms with van der Waals surface area (Å²) in [5.74, 6) is -1.12. The van der Waals surface area contributed by atoms with Crippen molar-refractivity contribution in [1.29, 1.82) is 0 Å². The standard InChI is InChI=1S/C19H17FO4/c1-11(19(22)23-2)16-14-5-3-4-6-15(14)24-18(16)17(21)12-7-9-13(20)10-8-12/h3-11,19,22H,1-2H3. The number of carbonyl (C=O) groups is 1. The van der Waals surface area contributed by atoms with Crippen molar-refractivity contribution in [3.8, 4) is 0 Å². The van der Waals surface area contributed by atoms with E-state index < -0.39 is 18.0 Å². The highest BCUT2D eigenvalue weighted by Gasteiger charge is 2.28. The van der Waals surface area contributed by atoms with E-state index in [1.807, 2.05) is 12.1 Å². The molecule has 24 heavy (non-hydrogen) atoms. The molecule has 1 N–H and O–H groups in total. The highest BCUT2D eigenvalue weighted by molar-refractivity contribution is 6.10. The van der Waals surface area contributed by atoms with Crippen LogP contribution in [-0.2, 0) is 4.74 Å². The zero-order valence-electron chi connectivity index (χ0n) is 13.3. The molecule has 0 spiro atoms. The SMILES string of the molecule is COC(O)C(C)c1c(C(=O)c2ccc(F)cc2)oc2ccccc12. The quantitative estimate of drug-likeness (QED) is 0.570. The van der Waals surface area contributed by atoms with Crippen LogP contribution in [0.2, 0.25) is 0 Å². The topological polar surface area (TPSA) is 59.7 Å². The zero-order chi connectivity index (χ0) is 17.3. The third kappa shape index (κ3) is 2.84. The second kappa shape index (κ2) is 6.55. The van der Waals surface area contributed by atoms with Gasteiger partial charge in [-0.3, -0.25) is 4.79 Å². The summed E-state index contributed by atoms with van der Waals surface area (Å²) in [6.45, 7) is 1.76. The smallest absolute Gasteiger partial charge is 0.228 e. The lowest BCUT2D eigenvalue weighted by molar-refractivity contribution is -0.0878. The van der Waals surface area contributed by atoms with Gasteiger partial charge in [-0.25, -0.2) is 4.39 Å². The second-order valence-corrected chi connectivity index (χ2v) is 5.59. The van der Waals surface area contributed by atoms with Crippen molar-refractivity contribution >= 4 is 16.8 Å². The number of hydrogen-bond donors (Lipinski definition) is 1. The minimum Gasteiger partial charge on any atom is -0.452 e. The predicted octanol–water partition coefficient (Wildman–Crippen LogP) is 3.87. The molecule has 0 radical (unpaired) electrons. The Kier molecular flexibility index (Phi) is 4.46. The summed E-state index contributed by atoms with van der Waals surface area (Å²) in [4.78, 5) is 12.8. The Hall–Kier alpha value is -2.50. The van der Waals surface area contributed by atoms with Gasteiger partial charge < -0.3 is 14.3 Å². The lowest BCUT2D eigenvalue weighted by Gasteiger charge is -2.17. The third-order valence-corrected chi connectivity index (χ3v) is 4.07. The molecule has 124 valence electrons. The van der Waals surface area contributed by atoms with Gasteiger partial charge in [0.1, 0.15) is 11.4 Å². The molecule has 2 unspecified atom stereocenters. The number of halogens is 1. The molecule has 1 aromatic heterocycles. The van der Waals surface area contributed by atoms with Crippen molar-refractivity contribution in [3.63, 3.8) is 0 Å². The first-order chi connectivity index (χ1) is 11.5. The molecule has 2 atom stereocenters. The van der Waals surface area contributed by atoms with Crippen LogP contribution in [-0.4, -0.2) is 24.3 Å². The number of para-hydroxylation sites is 1. The average Bonchev–Trinajstić information content (AvgIpc) is 2.99. The zero-order valence-corrected chi connectivity index (χ0v) is 13.3. The van der Waals surface area contributed by atoms with E-state index in [4.69, 9.17) is 9.15 Å². The van der Waals surface area contributed by atoms with Gasteiger partial charge in [0.2, 0.25) is 5.78 Å². The van der Waals surface area contributed by atoms with Crippen LogP contribution in [0.25, 0.3) is 11.0 Å². The fraction of sp³-hybridized carbons (Fsp3) is 0.211. The number of aliphatic hydroxyl groups is 1. The van der Waals surface area contributed by atoms with E-state index in [0.717, 1.165) is 5.39 Å². The van der Waals surface area contributed by atoms with Gasteiger partial charge in [0.15, 0.2) is 12.1 Å². The first kappa shape index (κ1) is 16.4. The molecule has 0 amide bonds. The number of carbonyl (C=O) groups excluding carboxylic acids is 1. The summed E-state index contributed by atoms with van der Waals surface area (Å²) >= 11 is 0. The molecule has 0 saturated carbocycles. The average molecular weight is 328 g/mol. The first-order valence-electron chi connectivity index (χ1n) is 7.55. The van der Waals surface area contributed by atoms with Gasteiger partial charge in [0.25, 0.3) is 0 Å². The van der Waals surface area contributed by atoms with Crippen LogP contribution < -0.4 is 0 Å². The van der Waals surface area contributed by atoms with Gasteiger partial charge in [-0.1, -0.05) is 25.1 Å². The molecule has 0 aliphatic carbocycles. The molecule has 2 aromatic carbocycles. The third-order valence-electron chi connectivity index (χ3n) is 4.07. The number of aliphatic hydroxyl groups excluding tert-OH is 1. The summed E-state index contributed by atoms with van der Waals surface area (Å²) in [5, 5.41) is 10.8. The summed E-state index contributed by atoms with van der Waals surface area (Å²) in [6.07, 6.45) is -1.08. The van der Waals surface area contributed by atoms with E-state index in [2.05, 4.69) is 0 Å². The van der Waals surface area contributed by atoms with E-state index >= 15 is 0 Å². The molecule has 3 aromatic rings. The number of methoxy groups -OCH3 is 1. The maximum absolute atomic E-state index is 13.1. The highest BCUT2D eigenvalue weighted by Crippen LogP contribution is 2.35. The Balaban J connectivity index is 2.16. The Morgan fingerprint density at radius 2 is 1.83 bits per heavy atom. The Bertz CT molecular complexity index is 867. The van der Waals surface area contributed by atoms with E-state index in [-0.39, 0.29) is 11.5 Å². The minimum atomic E-state index is -1.08. The maximum atomic E-state index is 13.1. The molecular weight excluding hydrogens is 311 g/mol. The summed E-state index contributed by atoms with van der Waals surface area (Å²) in [6, 6.07) is 12.5. The number of ketones is 1. The minimum absolute atomic E-state index is 0.131. The van der Waals surface area contributed by atoms with E-state index in [1.54, 1.807) is 19.1 Å². The van der Waals surface area contributed by atoms with Gasteiger partial charge in [-0.2, -0.15) is 0 Å². The van der Waals surface area contributed by atoms with E-state index in [1.165, 1.54) is 31.4 Å². The lowest BCUT2D eigenvalue weighted by Crippen LogP contribution is -2.19. The molecule has 5 heteroatoms. The van der Waals surface area contributed by atoms with Crippen LogP contribution in [0.1, 0.15) is 34.5 Å². The molecule has 1 heterocycles. The number of rotatable bonds is 5. The van der Waals surface area contributed by atoms with E-state index in [9.17, 15) is 14.3 Å². The molecule has 3 rings (SSSR count). The van der Waals surface area contributed by atoms with Crippen molar-refractivity contribution in [2.24, 2.45) is 0 Å². The molecular formula is C19H17FO4. The number of benzene rings is 2. The molecule has 0 aliphatic rings. The maximum Gasteiger partial charge on any atom is 0.228 e. The Morgan fingerprint density at radius 1 is 1.17 bits per heavy atom. The van der Waals surface area contributed by atoms with Crippen molar-refractivity contribution < 1.29 is 23.4 Å². The summed E-state index contributed by atoms with van der Waals surface area (Å²) < 4.78 is 23.8. The normalized spacial score (nSPS) is 13.8. The van der Waals surface area contributed by atoms with Crippen molar-refractivity contribution in [2.45, 2.75) is 19.1 Å². The largest absolute Gasteiger partial charge is 0.452 e. The summed E-state index contributed by atoms with van der Waals surface area (Å²) in [5.41, 5.74) is 1.44. The van der Waals surface area contributed by atoms with Crippen molar-refractivity contribution in [1.82, 2.24) is 0 Å². The van der Waals surface area contributed by atoms with Crippen LogP contribution in [0.15, 0.2) is 52.9 Å². The van der Waals surface area contributed by atoms with Crippen LogP contribution in [0.4, 0.5) is 4.39 Å². The highest BCUT2D eigenvalue weighted by atomic mass is 19.1. The van der Waals surface area contributed by atoms with Crippen LogP contribution in [0.3, 0.4) is 0 Å². The van der Waals surface area contributed by atoms with Gasteiger partial charge in [0.05, 0.1) is 0 Å². The molecule has 0 saturated heterocycles. The Morgan fingerprint density at radius 3 is 2.50 bits per heavy atom. The first-order valence-corrected chi connectivity index (χ1v) is 7.55. The lowest BCUT2D eigenvalue weighted by atomic mass is 9.94. The summed E-state index contributed by atoms with van der Waals surface area (Å²) in [7, 11) is 1.39. The van der Waals surface area contributed by atoms with Crippen molar-refractivity contribution in [2.75, 3.05) is 7.11 Å². The fourth-order valence-corrected chi connectivity index (χ4v) is 2.77. The molecule has 0 aliphatic heterocycles. The predicted molar refractivity (Wildman–Crippen MR) is 87.5 cm³/mol. The van der Waals surface area contributed by atoms with Gasteiger partial charge in [0, 0.05) is 29.5 Å². The fourth-order valence-electron chi connectivity index (χ4n) is 2.77. The van der Waals surface area contributed by atoms with E-state index in [0.29, 0.717) is 16.7 Å².